The molecule has 0 radical (unpaired) electrons. The molecule has 4 rings (SSSR count). The second-order valence-electron chi connectivity index (χ2n) is 9.78. The summed E-state index contributed by atoms with van der Waals surface area (Å²) in [6, 6.07) is 13.8. The first-order chi connectivity index (χ1) is 17.4. The monoisotopic (exact) mass is 490 g/mol. The molecule has 1 aliphatic heterocycles. The van der Waals surface area contributed by atoms with Gasteiger partial charge in [-0.2, -0.15) is 0 Å². The molecule has 1 fully saturated rings. The maximum Gasteiger partial charge on any atom is 0.257 e. The summed E-state index contributed by atoms with van der Waals surface area (Å²) in [6.45, 7) is 7.44. The average molecular weight is 491 g/mol. The van der Waals surface area contributed by atoms with Gasteiger partial charge in [0.05, 0.1) is 12.8 Å². The van der Waals surface area contributed by atoms with Crippen LogP contribution in [0.4, 0.5) is 0 Å². The lowest BCUT2D eigenvalue weighted by molar-refractivity contribution is 0.0907. The Balaban J connectivity index is 1.43. The third-order valence-electron chi connectivity index (χ3n) is 6.32. The Morgan fingerprint density at radius 1 is 1.00 bits per heavy atom. The smallest absolute Gasteiger partial charge is 0.257 e. The summed E-state index contributed by atoms with van der Waals surface area (Å²) in [4.78, 5) is 41.6. The van der Waals surface area contributed by atoms with Crippen LogP contribution in [0.25, 0.3) is 0 Å². The number of carbonyl (C=O) groups excluding carboxylic acids is 2. The number of likely N-dealkylation sites (tertiary alicyclic amines) is 1. The fourth-order valence-corrected chi connectivity index (χ4v) is 4.50. The summed E-state index contributed by atoms with van der Waals surface area (Å²) in [5.74, 6) is -0.104. The van der Waals surface area contributed by atoms with Crippen LogP contribution >= 0.6 is 0 Å². The summed E-state index contributed by atoms with van der Waals surface area (Å²) in [7, 11) is 0. The highest BCUT2D eigenvalue weighted by Crippen LogP contribution is 2.14. The number of nitrogens with zero attached hydrogens (tertiary/aromatic N) is 2. The SMILES string of the molecule is CC(C)Cn1cc(C(=O)NCc2ccco2)c(=O)c(C(=O)NC2CCN(Cc3ccccc3)CC2)c1. The van der Waals surface area contributed by atoms with Crippen LogP contribution in [-0.2, 0) is 19.6 Å². The number of hydrogen-bond acceptors (Lipinski definition) is 5. The molecule has 8 heteroatoms. The van der Waals surface area contributed by atoms with E-state index in [0.717, 1.165) is 32.5 Å². The Morgan fingerprint density at radius 3 is 2.33 bits per heavy atom. The van der Waals surface area contributed by atoms with Gasteiger partial charge in [0, 0.05) is 44.6 Å². The van der Waals surface area contributed by atoms with E-state index in [9.17, 15) is 14.4 Å². The van der Waals surface area contributed by atoms with Crippen molar-refractivity contribution in [2.45, 2.75) is 52.4 Å². The normalized spacial score (nSPS) is 14.6. The van der Waals surface area contributed by atoms with E-state index in [1.807, 2.05) is 32.0 Å². The van der Waals surface area contributed by atoms with Crippen molar-refractivity contribution < 1.29 is 14.0 Å². The highest BCUT2D eigenvalue weighted by atomic mass is 16.3. The van der Waals surface area contributed by atoms with E-state index >= 15 is 0 Å². The quantitative estimate of drug-likeness (QED) is 0.479. The number of aromatic nitrogens is 1. The molecule has 0 saturated carbocycles. The predicted octanol–water partition coefficient (Wildman–Crippen LogP) is 3.42. The van der Waals surface area contributed by atoms with E-state index in [2.05, 4.69) is 27.7 Å². The number of pyridine rings is 1. The van der Waals surface area contributed by atoms with Crippen molar-refractivity contribution >= 4 is 11.8 Å². The van der Waals surface area contributed by atoms with Gasteiger partial charge in [0.15, 0.2) is 0 Å². The van der Waals surface area contributed by atoms with Gasteiger partial charge in [-0.05, 0) is 36.5 Å². The molecule has 1 aliphatic rings. The van der Waals surface area contributed by atoms with Gasteiger partial charge in [0.1, 0.15) is 16.9 Å². The van der Waals surface area contributed by atoms with E-state index < -0.39 is 17.2 Å². The topological polar surface area (TPSA) is 96.6 Å². The molecule has 0 aliphatic carbocycles. The largest absolute Gasteiger partial charge is 0.467 e. The fourth-order valence-electron chi connectivity index (χ4n) is 4.50. The van der Waals surface area contributed by atoms with Gasteiger partial charge in [-0.15, -0.1) is 0 Å². The summed E-state index contributed by atoms with van der Waals surface area (Å²) in [5.41, 5.74) is 0.652. The zero-order valence-corrected chi connectivity index (χ0v) is 20.9. The second kappa shape index (κ2) is 11.9. The number of rotatable bonds is 9. The molecule has 8 nitrogen and oxygen atoms in total. The van der Waals surface area contributed by atoms with Crippen molar-refractivity contribution in [3.05, 3.63) is 93.8 Å². The summed E-state index contributed by atoms with van der Waals surface area (Å²) >= 11 is 0. The van der Waals surface area contributed by atoms with Gasteiger partial charge in [-0.1, -0.05) is 44.2 Å². The number of nitrogens with one attached hydrogen (secondary N) is 2. The van der Waals surface area contributed by atoms with Gasteiger partial charge in [-0.25, -0.2) is 0 Å². The Labute approximate surface area is 211 Å². The van der Waals surface area contributed by atoms with Crippen molar-refractivity contribution in [2.24, 2.45) is 5.92 Å². The Bertz CT molecular complexity index is 1210. The van der Waals surface area contributed by atoms with Gasteiger partial charge < -0.3 is 19.6 Å². The molecule has 0 bridgehead atoms. The van der Waals surface area contributed by atoms with Crippen molar-refractivity contribution in [3.63, 3.8) is 0 Å². The molecule has 1 saturated heterocycles. The standard InChI is InChI=1S/C28H34N4O4/c1-20(2)16-32-18-24(27(34)29-15-23-9-6-14-36-23)26(33)25(19-32)28(35)30-22-10-12-31(13-11-22)17-21-7-4-3-5-8-21/h3-9,14,18-20,22H,10-13,15-17H2,1-2H3,(H,29,34)(H,30,35). The molecule has 0 unspecified atom stereocenters. The highest BCUT2D eigenvalue weighted by molar-refractivity contribution is 5.99. The Kier molecular flexibility index (Phi) is 8.38. The molecule has 1 aromatic carbocycles. The van der Waals surface area contributed by atoms with Crippen LogP contribution in [0.1, 0.15) is 58.7 Å². The Hall–Kier alpha value is -3.65. The van der Waals surface area contributed by atoms with Crippen LogP contribution in [0.15, 0.2) is 70.3 Å². The van der Waals surface area contributed by atoms with Crippen molar-refractivity contribution in [3.8, 4) is 0 Å². The van der Waals surface area contributed by atoms with E-state index in [0.29, 0.717) is 12.3 Å². The number of hydrogen-bond donors (Lipinski definition) is 2. The maximum absolute atomic E-state index is 13.2. The third kappa shape index (κ3) is 6.73. The molecule has 2 aromatic heterocycles. The van der Waals surface area contributed by atoms with E-state index in [4.69, 9.17) is 4.42 Å². The van der Waals surface area contributed by atoms with Gasteiger partial charge in [-0.3, -0.25) is 19.3 Å². The molecule has 2 N–H and O–H groups in total. The number of benzene rings is 1. The summed E-state index contributed by atoms with van der Waals surface area (Å²) < 4.78 is 7.00. The van der Waals surface area contributed by atoms with Crippen LogP contribution in [0, 0.1) is 5.92 Å². The van der Waals surface area contributed by atoms with Crippen LogP contribution in [0.3, 0.4) is 0 Å². The minimum atomic E-state index is -0.564. The minimum Gasteiger partial charge on any atom is -0.467 e. The zero-order chi connectivity index (χ0) is 25.5. The minimum absolute atomic E-state index is 0.00647. The van der Waals surface area contributed by atoms with Crippen molar-refractivity contribution in [1.82, 2.24) is 20.1 Å². The lowest BCUT2D eigenvalue weighted by Gasteiger charge is -2.32. The lowest BCUT2D eigenvalue weighted by atomic mass is 10.0. The molecular weight excluding hydrogens is 456 g/mol. The molecule has 3 aromatic rings. The van der Waals surface area contributed by atoms with Crippen molar-refractivity contribution in [1.29, 1.82) is 0 Å². The molecule has 0 spiro atoms. The van der Waals surface area contributed by atoms with Crippen LogP contribution in [-0.4, -0.2) is 40.4 Å². The van der Waals surface area contributed by atoms with Gasteiger partial charge in [0.2, 0.25) is 5.43 Å². The predicted molar refractivity (Wildman–Crippen MR) is 138 cm³/mol. The molecule has 3 heterocycles. The first kappa shape index (κ1) is 25.4. The first-order valence-corrected chi connectivity index (χ1v) is 12.5. The van der Waals surface area contributed by atoms with Crippen LogP contribution in [0.5, 0.6) is 0 Å². The van der Waals surface area contributed by atoms with Gasteiger partial charge >= 0.3 is 0 Å². The van der Waals surface area contributed by atoms with E-state index in [1.165, 1.54) is 18.0 Å². The molecule has 0 atom stereocenters. The highest BCUT2D eigenvalue weighted by Gasteiger charge is 2.24. The average Bonchev–Trinajstić information content (AvgIpc) is 3.39. The van der Waals surface area contributed by atoms with Crippen molar-refractivity contribution in [2.75, 3.05) is 13.1 Å². The van der Waals surface area contributed by atoms with Gasteiger partial charge in [0.25, 0.3) is 11.8 Å². The summed E-state index contributed by atoms with van der Waals surface area (Å²) in [6.07, 6.45) is 6.22. The first-order valence-electron chi connectivity index (χ1n) is 12.5. The number of carbonyl (C=O) groups is 2. The Morgan fingerprint density at radius 2 is 1.69 bits per heavy atom. The molecule has 190 valence electrons. The van der Waals surface area contributed by atoms with Crippen LogP contribution < -0.4 is 16.1 Å². The number of piperidine rings is 1. The third-order valence-corrected chi connectivity index (χ3v) is 6.32. The lowest BCUT2D eigenvalue weighted by Crippen LogP contribution is -2.45. The van der Waals surface area contributed by atoms with E-state index in [1.54, 1.807) is 22.9 Å². The summed E-state index contributed by atoms with van der Waals surface area (Å²) in [5, 5.41) is 5.75. The molecule has 36 heavy (non-hydrogen) atoms. The fraction of sp³-hybridized carbons (Fsp3) is 0.393. The second-order valence-corrected chi connectivity index (χ2v) is 9.78. The van der Waals surface area contributed by atoms with Crippen LogP contribution in [0.2, 0.25) is 0 Å². The maximum atomic E-state index is 13.2. The van der Waals surface area contributed by atoms with E-state index in [-0.39, 0.29) is 29.6 Å². The molecule has 2 amide bonds. The molecular formula is C28H34N4O4. The number of amides is 2. The number of furan rings is 1. The zero-order valence-electron chi connectivity index (χ0n) is 20.9.